The third-order valence-electron chi connectivity index (χ3n) is 4.39. The van der Waals surface area contributed by atoms with Crippen molar-refractivity contribution in [3.8, 4) is 0 Å². The highest BCUT2D eigenvalue weighted by atomic mass is 32.2. The molecule has 0 bridgehead atoms. The lowest BCUT2D eigenvalue weighted by Crippen LogP contribution is -2.31. The van der Waals surface area contributed by atoms with E-state index < -0.39 is 19.9 Å². The first-order valence-corrected chi connectivity index (χ1v) is 12.3. The van der Waals surface area contributed by atoms with Gasteiger partial charge in [-0.3, -0.25) is 0 Å². The standard InChI is InChI=1S/C20H27NO4S2/c1-5-6-16-7-9-17(10-8-16)20(15(2)3)21-27(24,25)19-13-11-18(12-14-19)26(4,22)23/h7-15,20-21H,5-6H2,1-4H3/t20-/m0/s1. The van der Waals surface area contributed by atoms with E-state index in [1.807, 2.05) is 38.1 Å². The molecule has 0 unspecified atom stereocenters. The van der Waals surface area contributed by atoms with E-state index in [0.29, 0.717) is 0 Å². The molecule has 1 N–H and O–H groups in total. The zero-order chi connectivity index (χ0) is 20.2. The number of aryl methyl sites for hydroxylation is 1. The van der Waals surface area contributed by atoms with E-state index in [0.717, 1.165) is 24.7 Å². The van der Waals surface area contributed by atoms with Crippen molar-refractivity contribution in [2.45, 2.75) is 49.4 Å². The Labute approximate surface area is 162 Å². The summed E-state index contributed by atoms with van der Waals surface area (Å²) in [5.41, 5.74) is 2.13. The topological polar surface area (TPSA) is 80.3 Å². The molecule has 0 saturated heterocycles. The fourth-order valence-corrected chi connectivity index (χ4v) is 4.87. The van der Waals surface area contributed by atoms with E-state index in [2.05, 4.69) is 11.6 Å². The minimum absolute atomic E-state index is 0.0446. The van der Waals surface area contributed by atoms with E-state index in [1.165, 1.54) is 29.8 Å². The van der Waals surface area contributed by atoms with Gasteiger partial charge in [-0.15, -0.1) is 0 Å². The maximum atomic E-state index is 12.8. The van der Waals surface area contributed by atoms with Crippen molar-refractivity contribution in [1.29, 1.82) is 0 Å². The largest absolute Gasteiger partial charge is 0.241 e. The Balaban J connectivity index is 2.29. The molecule has 0 aliphatic rings. The summed E-state index contributed by atoms with van der Waals surface area (Å²) in [4.78, 5) is 0.136. The van der Waals surface area contributed by atoms with Crippen LogP contribution in [0.4, 0.5) is 0 Å². The van der Waals surface area contributed by atoms with Crippen LogP contribution in [0.15, 0.2) is 58.3 Å². The van der Waals surface area contributed by atoms with E-state index in [-0.39, 0.29) is 21.8 Å². The van der Waals surface area contributed by atoms with Gasteiger partial charge in [-0.05, 0) is 47.7 Å². The van der Waals surface area contributed by atoms with Crippen molar-refractivity contribution < 1.29 is 16.8 Å². The molecule has 27 heavy (non-hydrogen) atoms. The van der Waals surface area contributed by atoms with Gasteiger partial charge in [-0.1, -0.05) is 51.5 Å². The Morgan fingerprint density at radius 2 is 1.37 bits per heavy atom. The lowest BCUT2D eigenvalue weighted by atomic mass is 9.95. The molecule has 0 aromatic heterocycles. The Morgan fingerprint density at radius 3 is 1.81 bits per heavy atom. The second-order valence-electron chi connectivity index (χ2n) is 7.08. The Morgan fingerprint density at radius 1 is 0.852 bits per heavy atom. The van der Waals surface area contributed by atoms with Gasteiger partial charge >= 0.3 is 0 Å². The molecule has 0 saturated carbocycles. The Kier molecular flexibility index (Phi) is 6.83. The lowest BCUT2D eigenvalue weighted by Gasteiger charge is -2.23. The number of benzene rings is 2. The fourth-order valence-electron chi connectivity index (χ4n) is 2.87. The molecule has 0 radical (unpaired) electrons. The second-order valence-corrected chi connectivity index (χ2v) is 10.8. The van der Waals surface area contributed by atoms with Gasteiger partial charge in [-0.25, -0.2) is 21.6 Å². The summed E-state index contributed by atoms with van der Waals surface area (Å²) >= 11 is 0. The van der Waals surface area contributed by atoms with Gasteiger partial charge in [0, 0.05) is 12.3 Å². The van der Waals surface area contributed by atoms with Gasteiger partial charge in [0.2, 0.25) is 10.0 Å². The first kappa shape index (κ1) is 21.6. The van der Waals surface area contributed by atoms with Gasteiger partial charge in [0.1, 0.15) is 0 Å². The van der Waals surface area contributed by atoms with Crippen LogP contribution in [0.2, 0.25) is 0 Å². The van der Waals surface area contributed by atoms with Crippen LogP contribution in [0, 0.1) is 5.92 Å². The zero-order valence-corrected chi connectivity index (χ0v) is 17.8. The summed E-state index contributed by atoms with van der Waals surface area (Å²) in [5.74, 6) is 0.0482. The van der Waals surface area contributed by atoms with E-state index in [1.54, 1.807) is 0 Å². The first-order valence-electron chi connectivity index (χ1n) is 8.96. The molecule has 2 aromatic rings. The molecule has 0 amide bonds. The molecule has 2 aromatic carbocycles. The number of hydrogen-bond acceptors (Lipinski definition) is 4. The number of hydrogen-bond donors (Lipinski definition) is 1. The number of rotatable bonds is 8. The molecule has 0 fully saturated rings. The smallest absolute Gasteiger partial charge is 0.224 e. The maximum Gasteiger partial charge on any atom is 0.241 e. The fraction of sp³-hybridized carbons (Fsp3) is 0.400. The summed E-state index contributed by atoms with van der Waals surface area (Å²) in [6, 6.07) is 12.9. The van der Waals surface area contributed by atoms with Gasteiger partial charge in [0.25, 0.3) is 0 Å². The van der Waals surface area contributed by atoms with E-state index in [9.17, 15) is 16.8 Å². The van der Waals surface area contributed by atoms with Crippen molar-refractivity contribution in [2.75, 3.05) is 6.26 Å². The van der Waals surface area contributed by atoms with Crippen molar-refractivity contribution in [2.24, 2.45) is 5.92 Å². The molecule has 1 atom stereocenters. The monoisotopic (exact) mass is 409 g/mol. The van der Waals surface area contributed by atoms with Crippen LogP contribution in [-0.2, 0) is 26.3 Å². The second kappa shape index (κ2) is 8.54. The normalized spacial score (nSPS) is 13.7. The minimum Gasteiger partial charge on any atom is -0.224 e. The third-order valence-corrected chi connectivity index (χ3v) is 6.97. The van der Waals surface area contributed by atoms with Crippen molar-refractivity contribution in [3.05, 3.63) is 59.7 Å². The molecule has 5 nitrogen and oxygen atoms in total. The van der Waals surface area contributed by atoms with E-state index >= 15 is 0 Å². The van der Waals surface area contributed by atoms with Crippen LogP contribution in [0.3, 0.4) is 0 Å². The Hall–Kier alpha value is -1.70. The summed E-state index contributed by atoms with van der Waals surface area (Å²) in [7, 11) is -7.15. The Bertz CT molecular complexity index is 962. The van der Waals surface area contributed by atoms with Crippen molar-refractivity contribution >= 4 is 19.9 Å². The van der Waals surface area contributed by atoms with Crippen LogP contribution >= 0.6 is 0 Å². The molecule has 0 spiro atoms. The molecular weight excluding hydrogens is 382 g/mol. The molecule has 2 rings (SSSR count). The quantitative estimate of drug-likeness (QED) is 0.721. The van der Waals surface area contributed by atoms with Crippen LogP contribution in [0.25, 0.3) is 0 Å². The lowest BCUT2D eigenvalue weighted by molar-refractivity contribution is 0.463. The number of nitrogens with one attached hydrogen (secondary N) is 1. The number of sulfonamides is 1. The predicted octanol–water partition coefficient (Wildman–Crippen LogP) is 3.72. The average Bonchev–Trinajstić information content (AvgIpc) is 2.60. The minimum atomic E-state index is -3.78. The molecular formula is C20H27NO4S2. The van der Waals surface area contributed by atoms with Crippen molar-refractivity contribution in [1.82, 2.24) is 4.72 Å². The van der Waals surface area contributed by atoms with Gasteiger partial charge in [-0.2, -0.15) is 0 Å². The highest BCUT2D eigenvalue weighted by molar-refractivity contribution is 7.90. The molecule has 148 valence electrons. The van der Waals surface area contributed by atoms with Crippen LogP contribution in [-0.4, -0.2) is 23.1 Å². The zero-order valence-electron chi connectivity index (χ0n) is 16.1. The summed E-state index contributed by atoms with van der Waals surface area (Å²) in [6.07, 6.45) is 3.14. The molecule has 7 heteroatoms. The van der Waals surface area contributed by atoms with Gasteiger partial charge < -0.3 is 0 Å². The SMILES string of the molecule is CCCc1ccc([C@@H](NS(=O)(=O)c2ccc(S(C)(=O)=O)cc2)C(C)C)cc1. The van der Waals surface area contributed by atoms with Crippen LogP contribution in [0.5, 0.6) is 0 Å². The van der Waals surface area contributed by atoms with Crippen molar-refractivity contribution in [3.63, 3.8) is 0 Å². The summed E-state index contributed by atoms with van der Waals surface area (Å²) < 4.78 is 51.4. The number of sulfone groups is 1. The van der Waals surface area contributed by atoms with Crippen LogP contribution < -0.4 is 4.72 Å². The highest BCUT2D eigenvalue weighted by Crippen LogP contribution is 2.25. The van der Waals surface area contributed by atoms with Gasteiger partial charge in [0.15, 0.2) is 9.84 Å². The van der Waals surface area contributed by atoms with Gasteiger partial charge in [0.05, 0.1) is 9.79 Å². The first-order chi connectivity index (χ1) is 12.5. The summed E-state index contributed by atoms with van der Waals surface area (Å²) in [5, 5.41) is 0. The summed E-state index contributed by atoms with van der Waals surface area (Å²) in [6.45, 7) is 6.04. The predicted molar refractivity (Wildman–Crippen MR) is 108 cm³/mol. The molecule has 0 heterocycles. The highest BCUT2D eigenvalue weighted by Gasteiger charge is 2.24. The maximum absolute atomic E-state index is 12.8. The third kappa shape index (κ3) is 5.64. The molecule has 0 aliphatic carbocycles. The average molecular weight is 410 g/mol. The van der Waals surface area contributed by atoms with Crippen LogP contribution in [0.1, 0.15) is 44.4 Å². The van der Waals surface area contributed by atoms with E-state index in [4.69, 9.17) is 0 Å². The molecule has 0 aliphatic heterocycles.